The third-order valence-electron chi connectivity index (χ3n) is 3.24. The van der Waals surface area contributed by atoms with E-state index in [1.807, 2.05) is 24.3 Å². The fourth-order valence-corrected chi connectivity index (χ4v) is 2.63. The van der Waals surface area contributed by atoms with Crippen LogP contribution in [0.3, 0.4) is 0 Å². The molecule has 1 saturated carbocycles. The van der Waals surface area contributed by atoms with Crippen molar-refractivity contribution in [3.63, 3.8) is 0 Å². The molecule has 1 aromatic rings. The zero-order valence-corrected chi connectivity index (χ0v) is 10.9. The second-order valence-corrected chi connectivity index (χ2v) is 5.18. The fourth-order valence-electron chi connectivity index (χ4n) is 2.23. The van der Waals surface area contributed by atoms with E-state index in [1.165, 1.54) is 7.11 Å². The number of nitroso groups, excluding NO2 is 1. The Bertz CT molecular complexity index is 455. The van der Waals surface area contributed by atoms with Crippen LogP contribution in [0.2, 0.25) is 0 Å². The normalized spacial score (nSPS) is 27.1. The quantitative estimate of drug-likeness (QED) is 0.636. The Kier molecular flexibility index (Phi) is 3.28. The van der Waals surface area contributed by atoms with Gasteiger partial charge in [0.1, 0.15) is 5.54 Å². The van der Waals surface area contributed by atoms with Gasteiger partial charge in [-0.1, -0.05) is 33.2 Å². The van der Waals surface area contributed by atoms with Crippen LogP contribution in [0.15, 0.2) is 33.9 Å². The van der Waals surface area contributed by atoms with Gasteiger partial charge >= 0.3 is 5.97 Å². The minimum Gasteiger partial charge on any atom is -0.469 e. The van der Waals surface area contributed by atoms with Gasteiger partial charge in [0.25, 0.3) is 0 Å². The zero-order valence-electron chi connectivity index (χ0n) is 9.35. The van der Waals surface area contributed by atoms with Gasteiger partial charge in [0, 0.05) is 4.47 Å². The van der Waals surface area contributed by atoms with Gasteiger partial charge in [-0.25, -0.2) is 0 Å². The van der Waals surface area contributed by atoms with Gasteiger partial charge in [0.2, 0.25) is 0 Å². The number of esters is 1. The summed E-state index contributed by atoms with van der Waals surface area (Å²) in [4.78, 5) is 22.4. The highest BCUT2D eigenvalue weighted by atomic mass is 79.9. The molecule has 4 nitrogen and oxygen atoms in total. The molecule has 2 rings (SSSR count). The maximum atomic E-state index is 11.3. The highest BCUT2D eigenvalue weighted by molar-refractivity contribution is 9.10. The smallest absolute Gasteiger partial charge is 0.308 e. The third-order valence-corrected chi connectivity index (χ3v) is 3.73. The van der Waals surface area contributed by atoms with E-state index in [4.69, 9.17) is 0 Å². The summed E-state index contributed by atoms with van der Waals surface area (Å²) < 4.78 is 5.56. The molecule has 0 aliphatic heterocycles. The monoisotopic (exact) mass is 297 g/mol. The number of ether oxygens (including phenoxy) is 1. The van der Waals surface area contributed by atoms with Crippen LogP contribution in [-0.2, 0) is 15.1 Å². The molecule has 0 spiro atoms. The second-order valence-electron chi connectivity index (χ2n) is 4.26. The first-order chi connectivity index (χ1) is 8.11. The Morgan fingerprint density at radius 1 is 1.53 bits per heavy atom. The summed E-state index contributed by atoms with van der Waals surface area (Å²) in [5, 5.41) is 3.22. The van der Waals surface area contributed by atoms with Crippen molar-refractivity contribution in [3.8, 4) is 0 Å². The predicted molar refractivity (Wildman–Crippen MR) is 66.4 cm³/mol. The van der Waals surface area contributed by atoms with Crippen molar-refractivity contribution in [2.45, 2.75) is 18.4 Å². The molecule has 5 heteroatoms. The average molecular weight is 298 g/mol. The number of carbonyl (C=O) groups is 1. The van der Waals surface area contributed by atoms with Crippen LogP contribution in [0.5, 0.6) is 0 Å². The average Bonchev–Trinajstić information content (AvgIpc) is 2.28. The Morgan fingerprint density at radius 3 is 2.76 bits per heavy atom. The standard InChI is InChI=1S/C12H12BrNO3/c1-17-11(15)8-6-12(7-8,14-16)9-3-2-4-10(13)5-9/h2-5,8H,6-7H2,1H3. The molecule has 0 unspecified atom stereocenters. The molecule has 0 atom stereocenters. The fraction of sp³-hybridized carbons (Fsp3) is 0.417. The molecule has 1 fully saturated rings. The number of rotatable bonds is 3. The molecule has 0 bridgehead atoms. The Morgan fingerprint density at radius 2 is 2.24 bits per heavy atom. The molecule has 90 valence electrons. The summed E-state index contributed by atoms with van der Waals surface area (Å²) in [5.74, 6) is -0.476. The van der Waals surface area contributed by atoms with Crippen LogP contribution in [0.1, 0.15) is 18.4 Å². The van der Waals surface area contributed by atoms with Gasteiger partial charge in [0.15, 0.2) is 0 Å². The third kappa shape index (κ3) is 2.11. The van der Waals surface area contributed by atoms with Crippen LogP contribution in [-0.4, -0.2) is 13.1 Å². The number of benzene rings is 1. The first-order valence-electron chi connectivity index (χ1n) is 5.30. The highest BCUT2D eigenvalue weighted by Gasteiger charge is 2.51. The topological polar surface area (TPSA) is 55.7 Å². The van der Waals surface area contributed by atoms with Gasteiger partial charge in [0.05, 0.1) is 13.0 Å². The van der Waals surface area contributed by atoms with E-state index < -0.39 is 5.54 Å². The second kappa shape index (κ2) is 4.56. The first kappa shape index (κ1) is 12.2. The molecule has 0 aromatic heterocycles. The van der Waals surface area contributed by atoms with E-state index in [9.17, 15) is 9.70 Å². The van der Waals surface area contributed by atoms with E-state index >= 15 is 0 Å². The summed E-state index contributed by atoms with van der Waals surface area (Å²) in [6.07, 6.45) is 0.860. The lowest BCUT2D eigenvalue weighted by Gasteiger charge is -2.40. The minimum atomic E-state index is -0.761. The molecule has 0 N–H and O–H groups in total. The molecule has 17 heavy (non-hydrogen) atoms. The molecule has 0 heterocycles. The van der Waals surface area contributed by atoms with E-state index in [0.717, 1.165) is 10.0 Å². The molecular weight excluding hydrogens is 286 g/mol. The van der Waals surface area contributed by atoms with Crippen molar-refractivity contribution in [3.05, 3.63) is 39.2 Å². The molecule has 1 aromatic carbocycles. The number of halogens is 1. The van der Waals surface area contributed by atoms with Crippen molar-refractivity contribution >= 4 is 21.9 Å². The minimum absolute atomic E-state index is 0.211. The number of hydrogen-bond donors (Lipinski definition) is 0. The summed E-state index contributed by atoms with van der Waals surface area (Å²) in [6.45, 7) is 0. The summed E-state index contributed by atoms with van der Waals surface area (Å²) >= 11 is 3.36. The van der Waals surface area contributed by atoms with E-state index in [-0.39, 0.29) is 11.9 Å². The maximum Gasteiger partial charge on any atom is 0.308 e. The number of carbonyl (C=O) groups excluding carboxylic acids is 1. The number of methoxy groups -OCH3 is 1. The summed E-state index contributed by atoms with van der Waals surface area (Å²) in [6, 6.07) is 7.48. The number of hydrogen-bond acceptors (Lipinski definition) is 4. The van der Waals surface area contributed by atoms with E-state index in [1.54, 1.807) is 0 Å². The summed E-state index contributed by atoms with van der Waals surface area (Å²) in [5.41, 5.74) is 0.0878. The van der Waals surface area contributed by atoms with Crippen molar-refractivity contribution < 1.29 is 9.53 Å². The molecule has 1 aliphatic carbocycles. The van der Waals surface area contributed by atoms with Gasteiger partial charge in [-0.05, 0) is 30.5 Å². The van der Waals surface area contributed by atoms with Crippen molar-refractivity contribution in [2.75, 3.05) is 7.11 Å². The van der Waals surface area contributed by atoms with Crippen LogP contribution in [0.25, 0.3) is 0 Å². The lowest BCUT2D eigenvalue weighted by molar-refractivity contribution is -0.151. The van der Waals surface area contributed by atoms with E-state index in [2.05, 4.69) is 25.8 Å². The number of nitrogens with zero attached hydrogens (tertiary/aromatic N) is 1. The SMILES string of the molecule is COC(=O)C1CC(N=O)(c2cccc(Br)c2)C1. The van der Waals surface area contributed by atoms with Crippen molar-refractivity contribution in [1.29, 1.82) is 0 Å². The Hall–Kier alpha value is -1.23. The highest BCUT2D eigenvalue weighted by Crippen LogP contribution is 2.49. The van der Waals surface area contributed by atoms with Crippen LogP contribution >= 0.6 is 15.9 Å². The van der Waals surface area contributed by atoms with Gasteiger partial charge in [-0.15, -0.1) is 4.91 Å². The molecule has 1 aliphatic rings. The van der Waals surface area contributed by atoms with E-state index in [0.29, 0.717) is 12.8 Å². The van der Waals surface area contributed by atoms with Crippen LogP contribution < -0.4 is 0 Å². The van der Waals surface area contributed by atoms with Gasteiger partial charge in [-0.3, -0.25) is 4.79 Å². The maximum absolute atomic E-state index is 11.3. The van der Waals surface area contributed by atoms with Gasteiger partial charge < -0.3 is 4.74 Å². The van der Waals surface area contributed by atoms with Crippen LogP contribution in [0.4, 0.5) is 0 Å². The zero-order chi connectivity index (χ0) is 12.5. The van der Waals surface area contributed by atoms with Gasteiger partial charge in [-0.2, -0.15) is 0 Å². The van der Waals surface area contributed by atoms with Crippen molar-refractivity contribution in [1.82, 2.24) is 0 Å². The Balaban J connectivity index is 2.20. The van der Waals surface area contributed by atoms with Crippen LogP contribution in [0, 0.1) is 10.8 Å². The first-order valence-corrected chi connectivity index (χ1v) is 6.09. The Labute approximate surface area is 107 Å². The largest absolute Gasteiger partial charge is 0.469 e. The lowest BCUT2D eigenvalue weighted by Crippen LogP contribution is -2.43. The predicted octanol–water partition coefficient (Wildman–Crippen LogP) is 2.99. The molecular formula is C12H12BrNO3. The molecule has 0 radical (unpaired) electrons. The lowest BCUT2D eigenvalue weighted by atomic mass is 9.65. The summed E-state index contributed by atoms with van der Waals surface area (Å²) in [7, 11) is 1.36. The van der Waals surface area contributed by atoms with Crippen molar-refractivity contribution in [2.24, 2.45) is 11.1 Å². The molecule has 0 amide bonds. The molecule has 0 saturated heterocycles.